The van der Waals surface area contributed by atoms with E-state index < -0.39 is 0 Å². The first-order chi connectivity index (χ1) is 12.6. The highest BCUT2D eigenvalue weighted by molar-refractivity contribution is 6.33. The van der Waals surface area contributed by atoms with Crippen LogP contribution >= 0.6 is 11.6 Å². The number of pyridine rings is 1. The van der Waals surface area contributed by atoms with Crippen LogP contribution in [0.4, 0.5) is 10.1 Å². The molecule has 26 heavy (non-hydrogen) atoms. The van der Waals surface area contributed by atoms with Gasteiger partial charge in [0.25, 0.3) is 5.91 Å². The number of nitrogens with one attached hydrogen (secondary N) is 1. The average Bonchev–Trinajstić information content (AvgIpc) is 3.04. The summed E-state index contributed by atoms with van der Waals surface area (Å²) in [5.74, 6) is -0.662. The number of para-hydroxylation sites is 1. The van der Waals surface area contributed by atoms with Crippen LogP contribution in [0.3, 0.4) is 0 Å². The monoisotopic (exact) mass is 369 g/mol. The van der Waals surface area contributed by atoms with Crippen LogP contribution in [0.1, 0.15) is 15.9 Å². The van der Waals surface area contributed by atoms with Crippen molar-refractivity contribution in [1.82, 2.24) is 10.3 Å². The van der Waals surface area contributed by atoms with E-state index in [4.69, 9.17) is 11.6 Å². The van der Waals surface area contributed by atoms with Gasteiger partial charge in [0, 0.05) is 36.8 Å². The number of nitrogens with zero attached hydrogens (tertiary/aromatic N) is 2. The van der Waals surface area contributed by atoms with E-state index in [1.807, 2.05) is 12.1 Å². The summed E-state index contributed by atoms with van der Waals surface area (Å²) in [6.45, 7) is 2.19. The molecule has 132 valence electrons. The summed E-state index contributed by atoms with van der Waals surface area (Å²) in [5, 5.41) is 3.65. The van der Waals surface area contributed by atoms with Gasteiger partial charge in [0.2, 0.25) is 0 Å². The van der Waals surface area contributed by atoms with E-state index >= 15 is 0 Å². The van der Waals surface area contributed by atoms with Crippen LogP contribution in [0.25, 0.3) is 10.9 Å². The molecule has 1 aromatic heterocycles. The Morgan fingerprint density at radius 3 is 2.96 bits per heavy atom. The van der Waals surface area contributed by atoms with Gasteiger partial charge in [-0.05, 0) is 36.2 Å². The van der Waals surface area contributed by atoms with Gasteiger partial charge in [-0.15, -0.1) is 0 Å². The topological polar surface area (TPSA) is 45.2 Å². The van der Waals surface area contributed by atoms with Gasteiger partial charge >= 0.3 is 0 Å². The van der Waals surface area contributed by atoms with E-state index in [-0.39, 0.29) is 16.9 Å². The standard InChI is InChI=1S/C20H17ClFN3O/c21-19-16(11-14-5-6-15(22)12-17(14)24-19)20(26)23-8-10-25-9-7-13-3-1-2-4-18(13)25/h1-6,11-12H,7-10H2,(H,23,26). The van der Waals surface area contributed by atoms with Crippen molar-refractivity contribution in [2.24, 2.45) is 0 Å². The van der Waals surface area contributed by atoms with Crippen LogP contribution in [0.2, 0.25) is 5.15 Å². The van der Waals surface area contributed by atoms with Crippen molar-refractivity contribution in [3.63, 3.8) is 0 Å². The van der Waals surface area contributed by atoms with E-state index in [1.54, 1.807) is 12.1 Å². The lowest BCUT2D eigenvalue weighted by Crippen LogP contribution is -2.34. The van der Waals surface area contributed by atoms with Crippen molar-refractivity contribution in [3.8, 4) is 0 Å². The zero-order chi connectivity index (χ0) is 18.1. The Labute approximate surface area is 155 Å². The number of carbonyl (C=O) groups excluding carboxylic acids is 1. The third-order valence-corrected chi connectivity index (χ3v) is 4.92. The largest absolute Gasteiger partial charge is 0.369 e. The van der Waals surface area contributed by atoms with Crippen molar-refractivity contribution in [3.05, 3.63) is 70.6 Å². The fourth-order valence-corrected chi connectivity index (χ4v) is 3.55. The zero-order valence-corrected chi connectivity index (χ0v) is 14.8. The Balaban J connectivity index is 1.43. The number of benzene rings is 2. The van der Waals surface area contributed by atoms with E-state index in [1.165, 1.54) is 23.4 Å². The molecule has 1 N–H and O–H groups in total. The lowest BCUT2D eigenvalue weighted by atomic mass is 10.1. The smallest absolute Gasteiger partial charge is 0.254 e. The number of rotatable bonds is 4. The van der Waals surface area contributed by atoms with Gasteiger partial charge in [-0.25, -0.2) is 9.37 Å². The fraction of sp³-hybridized carbons (Fsp3) is 0.200. The molecule has 0 radical (unpaired) electrons. The van der Waals surface area contributed by atoms with Crippen molar-refractivity contribution in [2.45, 2.75) is 6.42 Å². The van der Waals surface area contributed by atoms with Crippen molar-refractivity contribution in [2.75, 3.05) is 24.5 Å². The van der Waals surface area contributed by atoms with Gasteiger partial charge in [0.1, 0.15) is 11.0 Å². The van der Waals surface area contributed by atoms with Crippen LogP contribution in [0.15, 0.2) is 48.5 Å². The maximum atomic E-state index is 13.3. The summed E-state index contributed by atoms with van der Waals surface area (Å²) in [7, 11) is 0. The first kappa shape index (κ1) is 16.8. The van der Waals surface area contributed by atoms with Crippen LogP contribution in [0.5, 0.6) is 0 Å². The third-order valence-electron chi connectivity index (χ3n) is 4.63. The van der Waals surface area contributed by atoms with Gasteiger partial charge in [-0.2, -0.15) is 0 Å². The fourth-order valence-electron chi connectivity index (χ4n) is 3.31. The first-order valence-corrected chi connectivity index (χ1v) is 8.86. The molecule has 4 nitrogen and oxygen atoms in total. The lowest BCUT2D eigenvalue weighted by Gasteiger charge is -2.19. The minimum atomic E-state index is -0.385. The second-order valence-electron chi connectivity index (χ2n) is 6.29. The maximum absolute atomic E-state index is 13.3. The highest BCUT2D eigenvalue weighted by Crippen LogP contribution is 2.26. The molecule has 2 heterocycles. The molecule has 0 bridgehead atoms. The predicted octanol–water partition coefficient (Wildman–Crippen LogP) is 3.82. The Bertz CT molecular complexity index is 992. The highest BCUT2D eigenvalue weighted by atomic mass is 35.5. The SMILES string of the molecule is O=C(NCCN1CCc2ccccc21)c1cc2ccc(F)cc2nc1Cl. The van der Waals surface area contributed by atoms with Crippen molar-refractivity contribution in [1.29, 1.82) is 0 Å². The number of amides is 1. The number of anilines is 1. The number of hydrogen-bond donors (Lipinski definition) is 1. The summed E-state index contributed by atoms with van der Waals surface area (Å²) < 4.78 is 13.3. The van der Waals surface area contributed by atoms with Crippen LogP contribution < -0.4 is 10.2 Å². The molecule has 0 fully saturated rings. The second kappa shape index (κ2) is 6.92. The number of halogens is 2. The van der Waals surface area contributed by atoms with Gasteiger partial charge in [0.05, 0.1) is 11.1 Å². The van der Waals surface area contributed by atoms with E-state index in [0.29, 0.717) is 23.0 Å². The molecule has 1 aliphatic heterocycles. The molecule has 3 aromatic rings. The van der Waals surface area contributed by atoms with E-state index in [0.717, 1.165) is 19.5 Å². The van der Waals surface area contributed by atoms with Crippen LogP contribution in [-0.2, 0) is 6.42 Å². The highest BCUT2D eigenvalue weighted by Gasteiger charge is 2.18. The Morgan fingerprint density at radius 1 is 1.23 bits per heavy atom. The molecule has 0 spiro atoms. The summed E-state index contributed by atoms with van der Waals surface area (Å²) in [6, 6.07) is 14.2. The molecule has 1 aliphatic rings. The number of hydrogen-bond acceptors (Lipinski definition) is 3. The molecule has 0 saturated carbocycles. The average molecular weight is 370 g/mol. The third kappa shape index (κ3) is 3.22. The van der Waals surface area contributed by atoms with Crippen LogP contribution in [-0.4, -0.2) is 30.5 Å². The van der Waals surface area contributed by atoms with Crippen molar-refractivity contribution >= 4 is 34.1 Å². The molecule has 2 aromatic carbocycles. The van der Waals surface area contributed by atoms with E-state index in [2.05, 4.69) is 27.3 Å². The quantitative estimate of drug-likeness (QED) is 0.711. The summed E-state index contributed by atoms with van der Waals surface area (Å²) in [5.41, 5.74) is 3.30. The Kier molecular flexibility index (Phi) is 4.47. The molecular formula is C20H17ClFN3O. The van der Waals surface area contributed by atoms with Gasteiger partial charge in [0.15, 0.2) is 0 Å². The van der Waals surface area contributed by atoms with E-state index in [9.17, 15) is 9.18 Å². The summed E-state index contributed by atoms with van der Waals surface area (Å²) in [6.07, 6.45) is 1.03. The van der Waals surface area contributed by atoms with Gasteiger partial charge < -0.3 is 10.2 Å². The molecule has 0 unspecified atom stereocenters. The van der Waals surface area contributed by atoms with Gasteiger partial charge in [-0.1, -0.05) is 29.8 Å². The molecule has 0 saturated heterocycles. The number of fused-ring (bicyclic) bond motifs is 2. The maximum Gasteiger partial charge on any atom is 0.254 e. The minimum absolute atomic E-state index is 0.0760. The predicted molar refractivity (Wildman–Crippen MR) is 101 cm³/mol. The normalized spacial score (nSPS) is 13.1. The van der Waals surface area contributed by atoms with Crippen LogP contribution in [0, 0.1) is 5.82 Å². The van der Waals surface area contributed by atoms with Gasteiger partial charge in [-0.3, -0.25) is 4.79 Å². The Hall–Kier alpha value is -2.66. The lowest BCUT2D eigenvalue weighted by molar-refractivity contribution is 0.0954. The second-order valence-corrected chi connectivity index (χ2v) is 6.64. The number of carbonyl (C=O) groups is 1. The molecule has 4 rings (SSSR count). The Morgan fingerprint density at radius 2 is 2.08 bits per heavy atom. The molecule has 0 aliphatic carbocycles. The minimum Gasteiger partial charge on any atom is -0.369 e. The summed E-state index contributed by atoms with van der Waals surface area (Å²) in [4.78, 5) is 18.9. The molecule has 0 atom stereocenters. The number of aromatic nitrogens is 1. The molecular weight excluding hydrogens is 353 g/mol. The summed E-state index contributed by atoms with van der Waals surface area (Å²) >= 11 is 6.12. The zero-order valence-electron chi connectivity index (χ0n) is 14.0. The first-order valence-electron chi connectivity index (χ1n) is 8.49. The molecule has 6 heteroatoms. The molecule has 1 amide bonds. The van der Waals surface area contributed by atoms with Crippen molar-refractivity contribution < 1.29 is 9.18 Å².